The second-order valence-corrected chi connectivity index (χ2v) is 3.10. The maximum atomic E-state index is 11.4. The van der Waals surface area contributed by atoms with E-state index in [1.165, 1.54) is 19.2 Å². The first-order chi connectivity index (χ1) is 7.13. The van der Waals surface area contributed by atoms with Gasteiger partial charge in [0.2, 0.25) is 5.91 Å². The highest BCUT2D eigenvalue weighted by atomic mass is 16.5. The van der Waals surface area contributed by atoms with Crippen LogP contribution >= 0.6 is 0 Å². The maximum Gasteiger partial charge on any atom is 0.243 e. The third kappa shape index (κ3) is 3.57. The molecule has 1 aromatic carbocycles. The molecule has 1 unspecified atom stereocenters. The van der Waals surface area contributed by atoms with E-state index >= 15 is 0 Å². The molecule has 0 aromatic heterocycles. The number of rotatable bonds is 4. The summed E-state index contributed by atoms with van der Waals surface area (Å²) in [5.74, 6) is -0.254. The molecule has 0 aliphatic carbocycles. The Balaban J connectivity index is 2.58. The van der Waals surface area contributed by atoms with E-state index in [9.17, 15) is 4.79 Å². The summed E-state index contributed by atoms with van der Waals surface area (Å²) in [7, 11) is 1.47. The van der Waals surface area contributed by atoms with Gasteiger partial charge in [-0.15, -0.1) is 0 Å². The predicted molar refractivity (Wildman–Crippen MR) is 56.6 cm³/mol. The van der Waals surface area contributed by atoms with Crippen LogP contribution in [0.15, 0.2) is 24.3 Å². The number of anilines is 1. The summed E-state index contributed by atoms with van der Waals surface area (Å²) >= 11 is 0. The van der Waals surface area contributed by atoms with Gasteiger partial charge < -0.3 is 20.9 Å². The van der Waals surface area contributed by atoms with Gasteiger partial charge in [0, 0.05) is 18.9 Å². The molecule has 5 heteroatoms. The second-order valence-electron chi connectivity index (χ2n) is 3.10. The Hall–Kier alpha value is -1.59. The fourth-order valence-corrected chi connectivity index (χ4v) is 1.07. The number of amides is 1. The maximum absolute atomic E-state index is 11.4. The van der Waals surface area contributed by atoms with Crippen molar-refractivity contribution in [3.63, 3.8) is 0 Å². The normalized spacial score (nSPS) is 12.1. The molecule has 1 rings (SSSR count). The van der Waals surface area contributed by atoms with Gasteiger partial charge in [0.1, 0.15) is 11.8 Å². The van der Waals surface area contributed by atoms with Crippen LogP contribution in [-0.2, 0) is 9.53 Å². The number of aromatic hydroxyl groups is 1. The van der Waals surface area contributed by atoms with E-state index in [-0.39, 0.29) is 18.3 Å². The summed E-state index contributed by atoms with van der Waals surface area (Å²) in [5.41, 5.74) is 6.02. The van der Waals surface area contributed by atoms with E-state index in [1.54, 1.807) is 12.1 Å². The third-order valence-corrected chi connectivity index (χ3v) is 1.80. The molecule has 0 aliphatic heterocycles. The Morgan fingerprint density at radius 1 is 1.67 bits per heavy atom. The summed E-state index contributed by atoms with van der Waals surface area (Å²) in [4.78, 5) is 11.4. The fraction of sp³-hybridized carbons (Fsp3) is 0.300. The first kappa shape index (κ1) is 11.5. The van der Waals surface area contributed by atoms with Gasteiger partial charge >= 0.3 is 0 Å². The van der Waals surface area contributed by atoms with Crippen LogP contribution in [0, 0.1) is 0 Å². The van der Waals surface area contributed by atoms with Gasteiger partial charge in [-0.1, -0.05) is 6.07 Å². The van der Waals surface area contributed by atoms with Crippen LogP contribution in [0.1, 0.15) is 0 Å². The van der Waals surface area contributed by atoms with Crippen molar-refractivity contribution in [1.29, 1.82) is 0 Å². The number of benzene rings is 1. The number of ether oxygens (including phenoxy) is 1. The highest BCUT2D eigenvalue weighted by Crippen LogP contribution is 2.15. The summed E-state index contributed by atoms with van der Waals surface area (Å²) in [5, 5.41) is 11.7. The van der Waals surface area contributed by atoms with Crippen molar-refractivity contribution in [1.82, 2.24) is 0 Å². The summed E-state index contributed by atoms with van der Waals surface area (Å²) < 4.78 is 4.75. The van der Waals surface area contributed by atoms with Gasteiger partial charge in [-0.3, -0.25) is 4.79 Å². The Morgan fingerprint density at radius 3 is 3.00 bits per heavy atom. The number of hydrogen-bond donors (Lipinski definition) is 3. The molecule has 0 saturated heterocycles. The fourth-order valence-electron chi connectivity index (χ4n) is 1.07. The lowest BCUT2D eigenvalue weighted by Crippen LogP contribution is -2.39. The quantitative estimate of drug-likeness (QED) is 0.667. The average molecular weight is 210 g/mol. The Labute approximate surface area is 87.9 Å². The zero-order valence-electron chi connectivity index (χ0n) is 8.43. The summed E-state index contributed by atoms with van der Waals surface area (Å²) in [6.45, 7) is 0.157. The number of nitrogens with two attached hydrogens (primary N) is 1. The molecule has 0 fully saturated rings. The zero-order chi connectivity index (χ0) is 11.3. The molecule has 0 spiro atoms. The predicted octanol–water partition coefficient (Wildman–Crippen LogP) is 0.304. The summed E-state index contributed by atoms with van der Waals surface area (Å²) in [6, 6.07) is 5.55. The smallest absolute Gasteiger partial charge is 0.243 e. The summed E-state index contributed by atoms with van der Waals surface area (Å²) in [6.07, 6.45) is 0. The number of phenolic OH excluding ortho intramolecular Hbond substituents is 1. The van der Waals surface area contributed by atoms with Crippen molar-refractivity contribution >= 4 is 11.6 Å². The zero-order valence-corrected chi connectivity index (χ0v) is 8.43. The second kappa shape index (κ2) is 5.33. The van der Waals surface area contributed by atoms with Crippen LogP contribution in [0.4, 0.5) is 5.69 Å². The highest BCUT2D eigenvalue weighted by Gasteiger charge is 2.12. The minimum Gasteiger partial charge on any atom is -0.508 e. The van der Waals surface area contributed by atoms with Gasteiger partial charge in [0.15, 0.2) is 0 Å². The number of hydrogen-bond acceptors (Lipinski definition) is 4. The SMILES string of the molecule is COCC(N)C(=O)Nc1cccc(O)c1. The average Bonchev–Trinajstić information content (AvgIpc) is 2.18. The lowest BCUT2D eigenvalue weighted by molar-refractivity contribution is -0.118. The van der Waals surface area contributed by atoms with Gasteiger partial charge in [0.05, 0.1) is 6.61 Å². The molecule has 15 heavy (non-hydrogen) atoms. The lowest BCUT2D eigenvalue weighted by Gasteiger charge is -2.11. The molecular formula is C10H14N2O3. The Bertz CT molecular complexity index is 341. The molecule has 0 saturated carbocycles. The van der Waals surface area contributed by atoms with Crippen LogP contribution in [0.2, 0.25) is 0 Å². The topological polar surface area (TPSA) is 84.6 Å². The number of phenols is 1. The lowest BCUT2D eigenvalue weighted by atomic mass is 10.2. The standard InChI is InChI=1S/C10H14N2O3/c1-15-6-9(11)10(14)12-7-3-2-4-8(13)5-7/h2-5,9,13H,6,11H2,1H3,(H,12,14). The number of nitrogens with one attached hydrogen (secondary N) is 1. The van der Waals surface area contributed by atoms with Gasteiger partial charge in [-0.25, -0.2) is 0 Å². The molecule has 82 valence electrons. The van der Waals surface area contributed by atoms with Crippen molar-refractivity contribution < 1.29 is 14.6 Å². The molecule has 1 atom stereocenters. The minimum atomic E-state index is -0.711. The van der Waals surface area contributed by atoms with Crippen molar-refractivity contribution in [2.45, 2.75) is 6.04 Å². The molecule has 0 radical (unpaired) electrons. The first-order valence-electron chi connectivity index (χ1n) is 4.48. The van der Waals surface area contributed by atoms with Gasteiger partial charge in [0.25, 0.3) is 0 Å². The van der Waals surface area contributed by atoms with Crippen molar-refractivity contribution in [2.24, 2.45) is 5.73 Å². The van der Waals surface area contributed by atoms with E-state index in [0.29, 0.717) is 5.69 Å². The van der Waals surface area contributed by atoms with Crippen LogP contribution in [0.3, 0.4) is 0 Å². The third-order valence-electron chi connectivity index (χ3n) is 1.80. The molecule has 4 N–H and O–H groups in total. The van der Waals surface area contributed by atoms with Crippen LogP contribution in [0.25, 0.3) is 0 Å². The molecular weight excluding hydrogens is 196 g/mol. The van der Waals surface area contributed by atoms with E-state index in [0.717, 1.165) is 0 Å². The highest BCUT2D eigenvalue weighted by molar-refractivity contribution is 5.94. The van der Waals surface area contributed by atoms with Crippen LogP contribution in [0.5, 0.6) is 5.75 Å². The first-order valence-corrected chi connectivity index (χ1v) is 4.48. The largest absolute Gasteiger partial charge is 0.508 e. The molecule has 1 aromatic rings. The molecule has 0 aliphatic rings. The Morgan fingerprint density at radius 2 is 2.40 bits per heavy atom. The van der Waals surface area contributed by atoms with E-state index in [4.69, 9.17) is 15.6 Å². The van der Waals surface area contributed by atoms with Gasteiger partial charge in [-0.2, -0.15) is 0 Å². The molecule has 1 amide bonds. The Kier molecular flexibility index (Phi) is 4.08. The van der Waals surface area contributed by atoms with E-state index in [1.807, 2.05) is 0 Å². The number of methoxy groups -OCH3 is 1. The molecule has 5 nitrogen and oxygen atoms in total. The monoisotopic (exact) mass is 210 g/mol. The molecule has 0 bridgehead atoms. The van der Waals surface area contributed by atoms with Crippen LogP contribution < -0.4 is 11.1 Å². The van der Waals surface area contributed by atoms with Crippen molar-refractivity contribution in [3.8, 4) is 5.75 Å². The number of carbonyl (C=O) groups is 1. The number of carbonyl (C=O) groups excluding carboxylic acids is 1. The van der Waals surface area contributed by atoms with Gasteiger partial charge in [-0.05, 0) is 12.1 Å². The van der Waals surface area contributed by atoms with E-state index < -0.39 is 6.04 Å². The van der Waals surface area contributed by atoms with Crippen molar-refractivity contribution in [3.05, 3.63) is 24.3 Å². The molecule has 0 heterocycles. The van der Waals surface area contributed by atoms with Crippen molar-refractivity contribution in [2.75, 3.05) is 19.0 Å². The minimum absolute atomic E-state index is 0.0908. The van der Waals surface area contributed by atoms with Crippen LogP contribution in [-0.4, -0.2) is 30.8 Å². The van der Waals surface area contributed by atoms with E-state index in [2.05, 4.69) is 5.32 Å².